The summed E-state index contributed by atoms with van der Waals surface area (Å²) >= 11 is 0. The number of nitrogens with zero attached hydrogens (tertiary/aromatic N) is 2. The molecule has 0 bridgehead atoms. The van der Waals surface area contributed by atoms with Gasteiger partial charge in [-0.15, -0.1) is 0 Å². The van der Waals surface area contributed by atoms with Crippen molar-refractivity contribution in [2.24, 2.45) is 13.0 Å². The molecule has 3 rings (SSSR count). The van der Waals surface area contributed by atoms with Crippen LogP contribution in [0.1, 0.15) is 49.9 Å². The number of carbonyl (C=O) groups is 1. The molecule has 2 heterocycles. The first-order valence-electron chi connectivity index (χ1n) is 8.13. The first-order chi connectivity index (χ1) is 10.1. The normalized spacial score (nSPS) is 29.0. The van der Waals surface area contributed by atoms with Gasteiger partial charge in [0.25, 0.3) is 0 Å². The summed E-state index contributed by atoms with van der Waals surface area (Å²) < 4.78 is 1.82. The van der Waals surface area contributed by atoms with Gasteiger partial charge in [-0.25, -0.2) is 0 Å². The van der Waals surface area contributed by atoms with Gasteiger partial charge in [0.2, 0.25) is 5.91 Å². The van der Waals surface area contributed by atoms with Gasteiger partial charge >= 0.3 is 0 Å². The van der Waals surface area contributed by atoms with E-state index in [2.05, 4.69) is 15.7 Å². The molecule has 5 heteroatoms. The number of hydrogen-bond donors (Lipinski definition) is 2. The molecule has 1 amide bonds. The Morgan fingerprint density at radius 2 is 2.00 bits per heavy atom. The third kappa shape index (κ3) is 2.84. The quantitative estimate of drug-likeness (QED) is 0.878. The number of anilines is 1. The van der Waals surface area contributed by atoms with Gasteiger partial charge in [-0.3, -0.25) is 9.48 Å². The van der Waals surface area contributed by atoms with E-state index in [1.807, 2.05) is 25.6 Å². The summed E-state index contributed by atoms with van der Waals surface area (Å²) in [5.74, 6) is 0.878. The van der Waals surface area contributed by atoms with Gasteiger partial charge in [-0.05, 0) is 45.4 Å². The van der Waals surface area contributed by atoms with E-state index in [4.69, 9.17) is 0 Å². The van der Waals surface area contributed by atoms with Crippen molar-refractivity contribution in [3.8, 4) is 0 Å². The van der Waals surface area contributed by atoms with Gasteiger partial charge in [0.1, 0.15) is 0 Å². The number of rotatable bonds is 2. The molecule has 1 aliphatic heterocycles. The Hall–Kier alpha value is -1.36. The lowest BCUT2D eigenvalue weighted by Gasteiger charge is -2.39. The van der Waals surface area contributed by atoms with E-state index in [1.165, 1.54) is 32.1 Å². The molecule has 0 radical (unpaired) electrons. The highest BCUT2D eigenvalue weighted by Crippen LogP contribution is 2.32. The lowest BCUT2D eigenvalue weighted by atomic mass is 9.77. The minimum atomic E-state index is -0.0524. The van der Waals surface area contributed by atoms with Crippen molar-refractivity contribution in [2.75, 3.05) is 5.32 Å². The maximum atomic E-state index is 12.5. The average Bonchev–Trinajstić information content (AvgIpc) is 2.73. The predicted molar refractivity (Wildman–Crippen MR) is 83.2 cm³/mol. The van der Waals surface area contributed by atoms with Crippen LogP contribution >= 0.6 is 0 Å². The second kappa shape index (κ2) is 5.79. The van der Waals surface area contributed by atoms with E-state index < -0.39 is 0 Å². The molecule has 116 valence electrons. The monoisotopic (exact) mass is 290 g/mol. The Morgan fingerprint density at radius 3 is 2.71 bits per heavy atom. The smallest absolute Gasteiger partial charge is 0.241 e. The van der Waals surface area contributed by atoms with Gasteiger partial charge in [0, 0.05) is 13.1 Å². The second-order valence-corrected chi connectivity index (χ2v) is 6.61. The second-order valence-electron chi connectivity index (χ2n) is 6.61. The Labute approximate surface area is 126 Å². The van der Waals surface area contributed by atoms with Gasteiger partial charge in [0.15, 0.2) is 0 Å². The lowest BCUT2D eigenvalue weighted by molar-refractivity contribution is -0.119. The third-order valence-electron chi connectivity index (χ3n) is 5.22. The van der Waals surface area contributed by atoms with Crippen molar-refractivity contribution in [3.05, 3.63) is 11.4 Å². The molecule has 1 aromatic rings. The number of hydrogen-bond acceptors (Lipinski definition) is 3. The highest BCUT2D eigenvalue weighted by Gasteiger charge is 2.34. The number of aryl methyl sites for hydroxylation is 2. The fourth-order valence-electron chi connectivity index (χ4n) is 3.87. The van der Waals surface area contributed by atoms with Gasteiger partial charge in [0.05, 0.1) is 23.1 Å². The summed E-state index contributed by atoms with van der Waals surface area (Å²) in [6.07, 6.45) is 7.33. The van der Waals surface area contributed by atoms with E-state index in [1.54, 1.807) is 0 Å². The van der Waals surface area contributed by atoms with Crippen molar-refractivity contribution in [2.45, 2.75) is 64.5 Å². The molecule has 1 saturated heterocycles. The Kier molecular flexibility index (Phi) is 4.02. The number of amides is 1. The van der Waals surface area contributed by atoms with E-state index >= 15 is 0 Å². The fraction of sp³-hybridized carbons (Fsp3) is 0.750. The Balaban J connectivity index is 1.65. The molecule has 2 N–H and O–H groups in total. The molecule has 2 fully saturated rings. The van der Waals surface area contributed by atoms with Crippen LogP contribution in [-0.4, -0.2) is 27.8 Å². The summed E-state index contributed by atoms with van der Waals surface area (Å²) in [5, 5.41) is 11.0. The summed E-state index contributed by atoms with van der Waals surface area (Å²) in [6, 6.07) is 0.489. The Morgan fingerprint density at radius 1 is 1.24 bits per heavy atom. The number of nitrogens with one attached hydrogen (secondary N) is 2. The van der Waals surface area contributed by atoms with Crippen LogP contribution in [0, 0.1) is 19.8 Å². The maximum absolute atomic E-state index is 12.5. The number of aromatic nitrogens is 2. The molecule has 2 aliphatic rings. The molecule has 1 aromatic heterocycles. The average molecular weight is 290 g/mol. The molecule has 21 heavy (non-hydrogen) atoms. The summed E-state index contributed by atoms with van der Waals surface area (Å²) in [6.45, 7) is 3.93. The highest BCUT2D eigenvalue weighted by atomic mass is 16.2. The molecule has 1 aliphatic carbocycles. The molecular formula is C16H26N4O. The van der Waals surface area contributed by atoms with E-state index in [9.17, 15) is 4.79 Å². The van der Waals surface area contributed by atoms with Crippen LogP contribution in [0.25, 0.3) is 0 Å². The maximum Gasteiger partial charge on any atom is 0.241 e. The van der Waals surface area contributed by atoms with Crippen LogP contribution in [0.15, 0.2) is 0 Å². The van der Waals surface area contributed by atoms with Crippen LogP contribution < -0.4 is 10.6 Å². The molecule has 0 spiro atoms. The van der Waals surface area contributed by atoms with Crippen LogP contribution in [-0.2, 0) is 11.8 Å². The fourth-order valence-corrected chi connectivity index (χ4v) is 3.87. The van der Waals surface area contributed by atoms with Gasteiger partial charge < -0.3 is 10.6 Å². The van der Waals surface area contributed by atoms with Gasteiger partial charge in [-0.1, -0.05) is 12.8 Å². The van der Waals surface area contributed by atoms with Crippen LogP contribution in [0.3, 0.4) is 0 Å². The first kappa shape index (κ1) is 14.6. The largest absolute Gasteiger partial charge is 0.322 e. The zero-order valence-electron chi connectivity index (χ0n) is 13.3. The molecule has 3 atom stereocenters. The predicted octanol–water partition coefficient (Wildman–Crippen LogP) is 2.29. The molecule has 0 aromatic carbocycles. The van der Waals surface area contributed by atoms with E-state index in [0.717, 1.165) is 29.4 Å². The standard InChI is InChI=1S/C16H26N4O/c1-10-15(11(2)20(3)19-10)18-16(21)14-9-8-12-6-4-5-7-13(12)17-14/h12-14,17H,4-9H2,1-3H3,(H,18,21). The van der Waals surface area contributed by atoms with Crippen molar-refractivity contribution in [3.63, 3.8) is 0 Å². The summed E-state index contributed by atoms with van der Waals surface area (Å²) in [4.78, 5) is 12.5. The third-order valence-corrected chi connectivity index (χ3v) is 5.22. The van der Waals surface area contributed by atoms with Gasteiger partial charge in [-0.2, -0.15) is 5.10 Å². The lowest BCUT2D eigenvalue weighted by Crippen LogP contribution is -2.53. The zero-order valence-corrected chi connectivity index (χ0v) is 13.3. The molecule has 1 saturated carbocycles. The first-order valence-corrected chi connectivity index (χ1v) is 8.13. The zero-order chi connectivity index (χ0) is 15.0. The topological polar surface area (TPSA) is 59.0 Å². The van der Waals surface area contributed by atoms with Crippen LogP contribution in [0.2, 0.25) is 0 Å². The van der Waals surface area contributed by atoms with Crippen molar-refractivity contribution in [1.82, 2.24) is 15.1 Å². The number of piperidine rings is 1. The number of fused-ring (bicyclic) bond motifs is 1. The summed E-state index contributed by atoms with van der Waals surface area (Å²) in [5.41, 5.74) is 2.76. The SMILES string of the molecule is Cc1nn(C)c(C)c1NC(=O)C1CCC2CCCCC2N1. The minimum absolute atomic E-state index is 0.0524. The van der Waals surface area contributed by atoms with Crippen molar-refractivity contribution < 1.29 is 4.79 Å². The summed E-state index contributed by atoms with van der Waals surface area (Å²) in [7, 11) is 1.91. The molecule has 5 nitrogen and oxygen atoms in total. The molecular weight excluding hydrogens is 264 g/mol. The van der Waals surface area contributed by atoms with Crippen LogP contribution in [0.4, 0.5) is 5.69 Å². The Bertz CT molecular complexity index is 537. The van der Waals surface area contributed by atoms with Crippen molar-refractivity contribution in [1.29, 1.82) is 0 Å². The molecule has 3 unspecified atom stereocenters. The number of carbonyl (C=O) groups excluding carboxylic acids is 1. The van der Waals surface area contributed by atoms with Crippen molar-refractivity contribution >= 4 is 11.6 Å². The highest BCUT2D eigenvalue weighted by molar-refractivity contribution is 5.95. The van der Waals surface area contributed by atoms with E-state index in [0.29, 0.717) is 6.04 Å². The minimum Gasteiger partial charge on any atom is -0.322 e. The van der Waals surface area contributed by atoms with E-state index in [-0.39, 0.29) is 11.9 Å². The van der Waals surface area contributed by atoms with Crippen LogP contribution in [0.5, 0.6) is 0 Å².